The van der Waals surface area contributed by atoms with E-state index in [2.05, 4.69) is 50.1 Å². The van der Waals surface area contributed by atoms with Gasteiger partial charge in [-0.3, -0.25) is 4.90 Å². The Bertz CT molecular complexity index is 943. The highest BCUT2D eigenvalue weighted by Gasteiger charge is 2.23. The monoisotopic (exact) mass is 567 g/mol. The van der Waals surface area contributed by atoms with Crippen molar-refractivity contribution in [3.63, 3.8) is 0 Å². The SMILES string of the molecule is CCNC(=NCc1ccnc(-n2cccn2)c1)NCC(c1cccs1)N1CCOCC1.I. The molecular weight excluding hydrogens is 537 g/mol. The molecule has 0 amide bonds. The van der Waals surface area contributed by atoms with Gasteiger partial charge in [-0.25, -0.2) is 14.7 Å². The number of aliphatic imine (C=N–C) groups is 1. The number of hydrogen-bond donors (Lipinski definition) is 2. The van der Waals surface area contributed by atoms with Gasteiger partial charge in [-0.15, -0.1) is 35.3 Å². The van der Waals surface area contributed by atoms with E-state index in [-0.39, 0.29) is 24.0 Å². The highest BCUT2D eigenvalue weighted by Crippen LogP contribution is 2.25. The van der Waals surface area contributed by atoms with Crippen LogP contribution >= 0.6 is 35.3 Å². The number of pyridine rings is 1. The number of morpholine rings is 1. The van der Waals surface area contributed by atoms with Crippen LogP contribution in [0, 0.1) is 0 Å². The number of hydrogen-bond acceptors (Lipinski definition) is 6. The van der Waals surface area contributed by atoms with Crippen LogP contribution in [0.25, 0.3) is 5.82 Å². The number of rotatable bonds is 8. The van der Waals surface area contributed by atoms with E-state index in [1.807, 2.05) is 24.4 Å². The number of nitrogens with zero attached hydrogens (tertiary/aromatic N) is 5. The molecule has 172 valence electrons. The summed E-state index contributed by atoms with van der Waals surface area (Å²) in [6.07, 6.45) is 5.43. The van der Waals surface area contributed by atoms with Gasteiger partial charge in [0.05, 0.1) is 25.8 Å². The first-order valence-electron chi connectivity index (χ1n) is 10.7. The van der Waals surface area contributed by atoms with Crippen LogP contribution in [0.15, 0.2) is 59.3 Å². The average Bonchev–Trinajstić information content (AvgIpc) is 3.53. The van der Waals surface area contributed by atoms with Gasteiger partial charge in [-0.1, -0.05) is 6.07 Å². The first-order chi connectivity index (χ1) is 15.3. The summed E-state index contributed by atoms with van der Waals surface area (Å²) in [4.78, 5) is 13.0. The lowest BCUT2D eigenvalue weighted by molar-refractivity contribution is 0.0177. The number of halogens is 1. The second-order valence-corrected chi connectivity index (χ2v) is 8.21. The van der Waals surface area contributed by atoms with E-state index in [0.717, 1.165) is 56.7 Å². The largest absolute Gasteiger partial charge is 0.379 e. The van der Waals surface area contributed by atoms with Crippen molar-refractivity contribution in [3.8, 4) is 5.82 Å². The van der Waals surface area contributed by atoms with Gasteiger partial charge < -0.3 is 15.4 Å². The molecule has 0 spiro atoms. The van der Waals surface area contributed by atoms with Crippen molar-refractivity contribution in [1.82, 2.24) is 30.3 Å². The maximum atomic E-state index is 5.55. The van der Waals surface area contributed by atoms with E-state index in [4.69, 9.17) is 9.73 Å². The highest BCUT2D eigenvalue weighted by molar-refractivity contribution is 14.0. The molecular formula is C22H30IN7OS. The van der Waals surface area contributed by atoms with Gasteiger partial charge in [0.15, 0.2) is 11.8 Å². The fourth-order valence-electron chi connectivity index (χ4n) is 3.57. The van der Waals surface area contributed by atoms with Crippen LogP contribution in [0.2, 0.25) is 0 Å². The lowest BCUT2D eigenvalue weighted by Crippen LogP contribution is -2.46. The zero-order chi connectivity index (χ0) is 21.3. The first-order valence-corrected chi connectivity index (χ1v) is 11.5. The molecule has 0 radical (unpaired) electrons. The normalized spacial score (nSPS) is 15.7. The molecule has 0 aliphatic carbocycles. The number of ether oxygens (including phenoxy) is 1. The summed E-state index contributed by atoms with van der Waals surface area (Å²) in [5, 5.41) is 13.3. The summed E-state index contributed by atoms with van der Waals surface area (Å²) in [7, 11) is 0. The van der Waals surface area contributed by atoms with E-state index in [1.54, 1.807) is 28.4 Å². The molecule has 1 aliphatic rings. The zero-order valence-corrected chi connectivity index (χ0v) is 21.3. The van der Waals surface area contributed by atoms with E-state index in [1.165, 1.54) is 4.88 Å². The molecule has 1 saturated heterocycles. The van der Waals surface area contributed by atoms with Gasteiger partial charge >= 0.3 is 0 Å². The maximum absolute atomic E-state index is 5.55. The summed E-state index contributed by atoms with van der Waals surface area (Å²) < 4.78 is 7.30. The third-order valence-corrected chi connectivity index (χ3v) is 6.11. The molecule has 0 bridgehead atoms. The Kier molecular flexibility index (Phi) is 9.90. The van der Waals surface area contributed by atoms with Crippen LogP contribution in [0.3, 0.4) is 0 Å². The third kappa shape index (κ3) is 6.74. The number of aromatic nitrogens is 3. The lowest BCUT2D eigenvalue weighted by atomic mass is 10.2. The van der Waals surface area contributed by atoms with Crippen LogP contribution in [-0.2, 0) is 11.3 Å². The van der Waals surface area contributed by atoms with Gasteiger partial charge in [0, 0.05) is 49.6 Å². The third-order valence-electron chi connectivity index (χ3n) is 5.13. The van der Waals surface area contributed by atoms with E-state index in [9.17, 15) is 0 Å². The molecule has 1 aliphatic heterocycles. The summed E-state index contributed by atoms with van der Waals surface area (Å²) in [6, 6.07) is 10.5. The van der Waals surface area contributed by atoms with E-state index < -0.39 is 0 Å². The van der Waals surface area contributed by atoms with Gasteiger partial charge in [-0.05, 0) is 42.1 Å². The maximum Gasteiger partial charge on any atom is 0.191 e. The van der Waals surface area contributed by atoms with Crippen molar-refractivity contribution in [2.75, 3.05) is 39.4 Å². The van der Waals surface area contributed by atoms with Crippen molar-refractivity contribution in [2.24, 2.45) is 4.99 Å². The van der Waals surface area contributed by atoms with Crippen molar-refractivity contribution in [1.29, 1.82) is 0 Å². The van der Waals surface area contributed by atoms with Crippen LogP contribution < -0.4 is 10.6 Å². The van der Waals surface area contributed by atoms with Crippen LogP contribution in [0.4, 0.5) is 0 Å². The molecule has 4 rings (SSSR count). The lowest BCUT2D eigenvalue weighted by Gasteiger charge is -2.34. The Hall–Kier alpha value is -2.02. The van der Waals surface area contributed by atoms with Crippen molar-refractivity contribution >= 4 is 41.3 Å². The van der Waals surface area contributed by atoms with Gasteiger partial charge in [0.2, 0.25) is 0 Å². The summed E-state index contributed by atoms with van der Waals surface area (Å²) >= 11 is 1.80. The topological polar surface area (TPSA) is 79.6 Å². The molecule has 3 aromatic rings. The van der Waals surface area contributed by atoms with Gasteiger partial charge in [-0.2, -0.15) is 5.10 Å². The fraction of sp³-hybridized carbons (Fsp3) is 0.409. The predicted molar refractivity (Wildman–Crippen MR) is 139 cm³/mol. The minimum atomic E-state index is 0. The van der Waals surface area contributed by atoms with E-state index in [0.29, 0.717) is 12.6 Å². The van der Waals surface area contributed by atoms with Crippen LogP contribution in [0.5, 0.6) is 0 Å². The Morgan fingerprint density at radius 2 is 2.09 bits per heavy atom. The zero-order valence-electron chi connectivity index (χ0n) is 18.2. The molecule has 0 aromatic carbocycles. The molecule has 1 atom stereocenters. The predicted octanol–water partition coefficient (Wildman–Crippen LogP) is 3.08. The molecule has 8 nitrogen and oxygen atoms in total. The molecule has 32 heavy (non-hydrogen) atoms. The van der Waals surface area contributed by atoms with Gasteiger partial charge in [0.25, 0.3) is 0 Å². The molecule has 3 aromatic heterocycles. The fourth-order valence-corrected chi connectivity index (χ4v) is 4.43. The van der Waals surface area contributed by atoms with Crippen LogP contribution in [-0.4, -0.2) is 65.0 Å². The Morgan fingerprint density at radius 1 is 1.22 bits per heavy atom. The molecule has 2 N–H and O–H groups in total. The minimum absolute atomic E-state index is 0. The Labute approximate surface area is 210 Å². The highest BCUT2D eigenvalue weighted by atomic mass is 127. The summed E-state index contributed by atoms with van der Waals surface area (Å²) in [5.41, 5.74) is 1.08. The second kappa shape index (κ2) is 12.9. The number of nitrogens with one attached hydrogen (secondary N) is 2. The van der Waals surface area contributed by atoms with E-state index >= 15 is 0 Å². The van der Waals surface area contributed by atoms with Crippen LogP contribution in [0.1, 0.15) is 23.4 Å². The second-order valence-electron chi connectivity index (χ2n) is 7.23. The quantitative estimate of drug-likeness (QED) is 0.248. The smallest absolute Gasteiger partial charge is 0.191 e. The van der Waals surface area contributed by atoms with Gasteiger partial charge in [0.1, 0.15) is 0 Å². The Morgan fingerprint density at radius 3 is 2.81 bits per heavy atom. The number of thiophene rings is 1. The van der Waals surface area contributed by atoms with Crippen molar-refractivity contribution in [3.05, 3.63) is 64.7 Å². The summed E-state index contributed by atoms with van der Waals surface area (Å²) in [6.45, 7) is 7.72. The Balaban J connectivity index is 0.00000289. The number of guanidine groups is 1. The average molecular weight is 568 g/mol. The molecule has 10 heteroatoms. The summed E-state index contributed by atoms with van der Waals surface area (Å²) in [5.74, 6) is 1.61. The standard InChI is InChI=1S/C22H29N7OS.HI/c1-2-23-22(25-16-18-6-8-24-21(15-18)29-9-4-7-27-29)26-17-19(20-5-3-14-31-20)28-10-12-30-13-11-28;/h3-9,14-15,19H,2,10-13,16-17H2,1H3,(H2,23,25,26);1H. The molecule has 1 unspecified atom stereocenters. The molecule has 1 fully saturated rings. The molecule has 4 heterocycles. The van der Waals surface area contributed by atoms with Crippen molar-refractivity contribution < 1.29 is 4.74 Å². The minimum Gasteiger partial charge on any atom is -0.379 e. The first kappa shape index (κ1) is 24.6. The molecule has 0 saturated carbocycles. The van der Waals surface area contributed by atoms with Crippen molar-refractivity contribution in [2.45, 2.75) is 19.5 Å².